The van der Waals surface area contributed by atoms with Crippen LogP contribution in [0.4, 0.5) is 48.4 Å². The van der Waals surface area contributed by atoms with Gasteiger partial charge in [0.15, 0.2) is 29.4 Å². The van der Waals surface area contributed by atoms with Crippen LogP contribution in [-0.4, -0.2) is 124 Å². The summed E-state index contributed by atoms with van der Waals surface area (Å²) >= 11 is -3.76. The van der Waals surface area contributed by atoms with E-state index in [2.05, 4.69) is 234 Å². The van der Waals surface area contributed by atoms with Gasteiger partial charge in [0.25, 0.3) is 0 Å². The number of rotatable bonds is 29. The van der Waals surface area contributed by atoms with E-state index in [1.54, 1.807) is 0 Å². The van der Waals surface area contributed by atoms with Crippen LogP contribution in [-0.2, 0) is 131 Å². The smallest absolute Gasteiger partial charge is 0.870 e. The molecule has 0 spiro atoms. The quantitative estimate of drug-likeness (QED) is 0.00995. The van der Waals surface area contributed by atoms with Crippen molar-refractivity contribution in [2.45, 2.75) is 206 Å². The van der Waals surface area contributed by atoms with Crippen LogP contribution in [0.15, 0.2) is 211 Å². The maximum Gasteiger partial charge on any atom is 1.00 e. The fourth-order valence-electron chi connectivity index (χ4n) is 20.6. The summed E-state index contributed by atoms with van der Waals surface area (Å²) in [5.74, 6) is -7.88. The van der Waals surface area contributed by atoms with Gasteiger partial charge in [0.05, 0.1) is 34.5 Å². The molecule has 0 aromatic heterocycles. The average molecular weight is 2180 g/mol. The molecule has 22 rings (SSSR count). The zero-order valence-electron chi connectivity index (χ0n) is 75.2. The third-order valence-electron chi connectivity index (χ3n) is 24.8. The Morgan fingerprint density at radius 1 is 0.329 bits per heavy atom. The first-order chi connectivity index (χ1) is 63.7. The van der Waals surface area contributed by atoms with Gasteiger partial charge in [-0.1, -0.05) is 109 Å². The number of alkyl halides is 10. The van der Waals surface area contributed by atoms with E-state index < -0.39 is 139 Å². The van der Waals surface area contributed by atoms with Gasteiger partial charge in [-0.05, 0) is 235 Å². The number of carbonyl (C=O) groups is 9. The van der Waals surface area contributed by atoms with E-state index in [0.717, 1.165) is 77.7 Å². The molecule has 8 unspecified atom stereocenters. The summed E-state index contributed by atoms with van der Waals surface area (Å²) in [5.41, 5.74) is -3.39. The van der Waals surface area contributed by atoms with E-state index in [1.165, 1.54) is 29.4 Å². The number of ketones is 4. The molecule has 16 aliphatic rings. The number of hydrogen-bond acceptors (Lipinski definition) is 34. The fraction of sp³-hybridized carbons (Fsp3) is 0.483. The monoisotopic (exact) mass is 2170 g/mol. The Kier molecular flexibility index (Phi) is 52.3. The van der Waals surface area contributed by atoms with E-state index in [9.17, 15) is 112 Å². The number of methoxy groups -OCH3 is 1. The minimum atomic E-state index is -4.16. The molecule has 0 heterocycles. The average Bonchev–Trinajstić information content (AvgIpc) is 0.754. The predicted molar refractivity (Wildman–Crippen MR) is 452 cm³/mol. The van der Waals surface area contributed by atoms with Crippen molar-refractivity contribution in [2.24, 2.45) is 71.0 Å². The summed E-state index contributed by atoms with van der Waals surface area (Å²) in [6.45, 7) is 0. The summed E-state index contributed by atoms with van der Waals surface area (Å²) in [7, 11) is 0.728. The van der Waals surface area contributed by atoms with E-state index >= 15 is 0 Å². The van der Waals surface area contributed by atoms with Gasteiger partial charge in [-0.3, -0.25) is 39.3 Å². The predicted octanol–water partition coefficient (Wildman–Crippen LogP) is 3.15. The molecule has 8 atom stereocenters. The number of Topliss-reactive ketones (excluding diaryl/α,β-unsaturated/α-hetero) is 4. The number of ether oxygens (including phenoxy) is 4. The van der Waals surface area contributed by atoms with Crippen LogP contribution in [0.25, 0.3) is 0 Å². The maximum atomic E-state index is 13.4. The number of hydrogen-bond donors (Lipinski definition) is 2. The third kappa shape index (κ3) is 34.4. The van der Waals surface area contributed by atoms with Crippen LogP contribution >= 0.6 is 72.6 Å². The van der Waals surface area contributed by atoms with Crippen molar-refractivity contribution < 1.29 is 312 Å². The van der Waals surface area contributed by atoms with Gasteiger partial charge in [-0.15, -0.1) is 16.7 Å². The van der Waals surface area contributed by atoms with Crippen molar-refractivity contribution >= 4 is 147 Å². The van der Waals surface area contributed by atoms with Crippen LogP contribution in [0.1, 0.15) is 128 Å². The zero-order valence-corrected chi connectivity index (χ0v) is 89.7. The standard InChI is InChI=1S/2C18H15S.3C12H14F2O6S.C10H14O2.C3H3F3O4S.C2H2F2O5S.ClH.4Na.H2O/c2*1-4-10-16(11-5-1)19(17-12-6-2-7-13-17)18-14-8-3-9-15-18;3*13-12(14,21-20-19-17)10(16)18-11-3-6-1-7(4-11)9(15)8(2-6)5-11;11-9-7-1-6-2-8(9)5-10(12,3-6)4-7;1-8-2(7)3(4,5)11-10-9-6;3-2(4,1(5)6)10-9-8-7;;;;;;/h2*1-15H;3*6-8,17H,1-5H2;6-8,12H,1-5H2;1H3;7H,(H,5,6);1H;;;;;1H2/q2*+1;;;;;;;;4*+1;/p-5. The van der Waals surface area contributed by atoms with Gasteiger partial charge < -0.3 is 55.7 Å². The van der Waals surface area contributed by atoms with Crippen molar-refractivity contribution in [1.82, 2.24) is 0 Å². The number of carboxylic acids is 1. The number of carboxylic acid groups (broad SMARTS) is 1. The Balaban J connectivity index is 0.000000284. The molecule has 16 aliphatic carbocycles. The fourth-order valence-corrected chi connectivity index (χ4v) is 25.9. The molecule has 140 heavy (non-hydrogen) atoms. The molecule has 16 saturated carbocycles. The Bertz CT molecular complexity index is 4380. The summed E-state index contributed by atoms with van der Waals surface area (Å²) < 4.78 is 175. The van der Waals surface area contributed by atoms with Gasteiger partial charge >= 0.3 is 174 Å². The molecule has 30 nitrogen and oxygen atoms in total. The Labute approximate surface area is 916 Å². The minimum absolute atomic E-state index is 0. The molecule has 16 fully saturated rings. The molecule has 3 N–H and O–H groups in total. The number of carbonyl (C=O) groups excluding carboxylic acids is 8. The Morgan fingerprint density at radius 3 is 0.714 bits per heavy atom. The van der Waals surface area contributed by atoms with Crippen LogP contribution in [0.5, 0.6) is 0 Å². The van der Waals surface area contributed by atoms with E-state index in [-0.39, 0.29) is 240 Å². The normalized spacial score (nSPS) is 26.4. The molecule has 16 bridgehead atoms. The van der Waals surface area contributed by atoms with E-state index in [4.69, 9.17) is 24.6 Å². The maximum absolute atomic E-state index is 13.4. The van der Waals surface area contributed by atoms with Crippen molar-refractivity contribution in [1.29, 1.82) is 0 Å². The van der Waals surface area contributed by atoms with Gasteiger partial charge in [0.1, 0.15) is 100 Å². The van der Waals surface area contributed by atoms with Gasteiger partial charge in [-0.25, -0.2) is 24.0 Å². The first-order valence-corrected chi connectivity index (χ1v) is 47.6. The van der Waals surface area contributed by atoms with Crippen molar-refractivity contribution in [3.63, 3.8) is 0 Å². The van der Waals surface area contributed by atoms with E-state index in [1.807, 2.05) is 0 Å². The second-order valence-corrected chi connectivity index (χ2v) is 42.0. The molecule has 0 radical (unpaired) electrons. The van der Waals surface area contributed by atoms with Crippen molar-refractivity contribution in [2.75, 3.05) is 7.11 Å². The van der Waals surface area contributed by atoms with Crippen molar-refractivity contribution in [3.8, 4) is 0 Å². The first-order valence-electron chi connectivity index (χ1n) is 41.4. The van der Waals surface area contributed by atoms with Gasteiger partial charge in [0, 0.05) is 47.3 Å². The molecule has 6 aromatic carbocycles. The van der Waals surface area contributed by atoms with E-state index in [0.29, 0.717) is 69.5 Å². The number of benzene rings is 6. The largest absolute Gasteiger partial charge is 1.00 e. The molecular formula is C87H89ClF11Na4O30S7+. The minimum Gasteiger partial charge on any atom is -0.870 e. The molecule has 746 valence electrons. The van der Waals surface area contributed by atoms with Crippen molar-refractivity contribution in [3.05, 3.63) is 182 Å². The second kappa shape index (κ2) is 57.6. The zero-order chi connectivity index (χ0) is 97.0. The molecular weight excluding hydrogens is 2090 g/mol. The summed E-state index contributed by atoms with van der Waals surface area (Å²) in [6.07, 6.45) is 12.6. The van der Waals surface area contributed by atoms with Crippen LogP contribution in [0, 0.1) is 71.0 Å². The molecule has 0 aliphatic heterocycles. The summed E-state index contributed by atoms with van der Waals surface area (Å²) in [4.78, 5) is 110. The number of esters is 4. The Hall–Kier alpha value is -3.32. The van der Waals surface area contributed by atoms with Crippen LogP contribution < -0.4 is 139 Å². The van der Waals surface area contributed by atoms with Gasteiger partial charge in [0.2, 0.25) is 0 Å². The molecule has 53 heteroatoms. The SMILES string of the molecule is COC(=O)C(F)(F)SOOF.Cl.O=C(O)C(F)(F)SOO[O-].O=C1C2CC3CC1CC(O)(C3)C2.O=C1C2CC3CC1CC(OC(=O)C(F)(F)SOO[O-])(C3)C2.O=C1C2CC3CC1CC(OC(=O)C(F)(F)SOO[O-])(C3)C2.O=C1C2CC3CC1CC(OC(=O)C(F)(F)SOO[O-])(C3)C2.[Na+].[Na+].[Na+].[Na+].[OH-].c1ccc([S+](c2ccccc2)c2ccccc2)cc1.c1ccc([S+](c2ccccc2)c2ccccc2)cc1. The third-order valence-corrected chi connectivity index (χ3v) is 31.8. The number of aliphatic hydroxyl groups is 1. The first kappa shape index (κ1) is 127. The second-order valence-electron chi connectivity index (χ2n) is 33.9. The Morgan fingerprint density at radius 2 is 0.521 bits per heavy atom. The topological polar surface area (TPSA) is 446 Å². The van der Waals surface area contributed by atoms with Crippen LogP contribution in [0.3, 0.4) is 0 Å². The molecule has 0 saturated heterocycles. The number of aliphatic carboxylic acids is 1. The summed E-state index contributed by atoms with van der Waals surface area (Å²) in [6, 6.07) is 64.3. The molecule has 0 amide bonds. The molecule has 6 aromatic rings. The number of halogens is 12. The van der Waals surface area contributed by atoms with Crippen LogP contribution in [0.2, 0.25) is 0 Å². The van der Waals surface area contributed by atoms with Gasteiger partial charge in [-0.2, -0.15) is 61.2 Å². The summed E-state index contributed by atoms with van der Waals surface area (Å²) in [5, 5.41) is 48.5.